The Bertz CT molecular complexity index is 626. The van der Waals surface area contributed by atoms with Gasteiger partial charge < -0.3 is 4.74 Å². The molecule has 106 valence electrons. The minimum atomic E-state index is -0.198. The van der Waals surface area contributed by atoms with E-state index in [9.17, 15) is 4.79 Å². The number of likely N-dealkylation sites (N-methyl/N-ethyl adjacent to an activating group) is 1. The van der Waals surface area contributed by atoms with Crippen LogP contribution in [-0.4, -0.2) is 58.3 Å². The molecule has 2 atom stereocenters. The zero-order valence-electron chi connectivity index (χ0n) is 11.5. The topological polar surface area (TPSA) is 71.8 Å². The van der Waals surface area contributed by atoms with Crippen LogP contribution >= 0.6 is 0 Å². The van der Waals surface area contributed by atoms with Crippen molar-refractivity contribution >= 4 is 17.5 Å². The minimum Gasteiger partial charge on any atom is -0.380 e. The Labute approximate surface area is 116 Å². The van der Waals surface area contributed by atoms with Crippen LogP contribution in [0.25, 0.3) is 5.65 Å². The van der Waals surface area contributed by atoms with Crippen molar-refractivity contribution in [3.8, 4) is 0 Å². The zero-order chi connectivity index (χ0) is 14.1. The molecule has 1 aliphatic rings. The van der Waals surface area contributed by atoms with Crippen LogP contribution in [0.4, 0.5) is 5.95 Å². The van der Waals surface area contributed by atoms with E-state index in [0.29, 0.717) is 18.0 Å². The Balaban J connectivity index is 1.76. The molecule has 1 amide bonds. The first-order valence-corrected chi connectivity index (χ1v) is 6.52. The highest BCUT2D eigenvalue weighted by Crippen LogP contribution is 2.19. The van der Waals surface area contributed by atoms with Gasteiger partial charge in [-0.25, -0.2) is 0 Å². The standard InChI is InChI=1S/C13H17N5O2/c1-17-8-9(20-2)7-10(17)12(19)14-13-16-15-11-5-3-4-6-18(11)13/h3-6,9-10H,7-8H2,1-2H3,(H,14,16,19)/t9-,10-/m0/s1. The molecule has 1 fully saturated rings. The number of amides is 1. The Morgan fingerprint density at radius 1 is 1.45 bits per heavy atom. The van der Waals surface area contributed by atoms with Gasteiger partial charge in [-0.15, -0.1) is 10.2 Å². The van der Waals surface area contributed by atoms with Crippen LogP contribution in [0.5, 0.6) is 0 Å². The summed E-state index contributed by atoms with van der Waals surface area (Å²) in [5, 5.41) is 10.8. The summed E-state index contributed by atoms with van der Waals surface area (Å²) in [7, 11) is 3.59. The number of anilines is 1. The van der Waals surface area contributed by atoms with Crippen molar-refractivity contribution < 1.29 is 9.53 Å². The van der Waals surface area contributed by atoms with Crippen molar-refractivity contribution in [1.29, 1.82) is 0 Å². The Morgan fingerprint density at radius 3 is 3.05 bits per heavy atom. The lowest BCUT2D eigenvalue weighted by molar-refractivity contribution is -0.120. The van der Waals surface area contributed by atoms with Gasteiger partial charge in [0.15, 0.2) is 5.65 Å². The van der Waals surface area contributed by atoms with Gasteiger partial charge in [0.2, 0.25) is 11.9 Å². The lowest BCUT2D eigenvalue weighted by atomic mass is 10.2. The molecule has 2 aromatic heterocycles. The van der Waals surface area contributed by atoms with Gasteiger partial charge in [-0.2, -0.15) is 0 Å². The van der Waals surface area contributed by atoms with Crippen molar-refractivity contribution in [2.45, 2.75) is 18.6 Å². The quantitative estimate of drug-likeness (QED) is 0.877. The fourth-order valence-electron chi connectivity index (χ4n) is 2.55. The summed E-state index contributed by atoms with van der Waals surface area (Å²) < 4.78 is 7.06. The molecule has 0 radical (unpaired) electrons. The molecule has 1 N–H and O–H groups in total. The smallest absolute Gasteiger partial charge is 0.244 e. The Hall–Kier alpha value is -1.99. The van der Waals surface area contributed by atoms with E-state index in [1.165, 1.54) is 0 Å². The molecular weight excluding hydrogens is 258 g/mol. The monoisotopic (exact) mass is 275 g/mol. The molecule has 0 aromatic carbocycles. The normalized spacial score (nSPS) is 23.3. The molecule has 0 saturated carbocycles. The highest BCUT2D eigenvalue weighted by atomic mass is 16.5. The van der Waals surface area contributed by atoms with Gasteiger partial charge >= 0.3 is 0 Å². The summed E-state index contributed by atoms with van der Waals surface area (Å²) in [4.78, 5) is 14.3. The predicted octanol–water partition coefficient (Wildman–Crippen LogP) is 0.387. The first kappa shape index (κ1) is 13.0. The SMILES string of the molecule is CO[C@H]1C[C@@H](C(=O)Nc2nnc3ccccn23)N(C)C1. The van der Waals surface area contributed by atoms with Crippen LogP contribution in [0, 0.1) is 0 Å². The van der Waals surface area contributed by atoms with Gasteiger partial charge in [0.05, 0.1) is 12.1 Å². The van der Waals surface area contributed by atoms with Crippen molar-refractivity contribution in [2.75, 3.05) is 26.0 Å². The number of hydrogen-bond acceptors (Lipinski definition) is 5. The molecular formula is C13H17N5O2. The van der Waals surface area contributed by atoms with Gasteiger partial charge in [0.25, 0.3) is 0 Å². The number of nitrogens with zero attached hydrogens (tertiary/aromatic N) is 4. The highest BCUT2D eigenvalue weighted by molar-refractivity contribution is 5.93. The summed E-state index contributed by atoms with van der Waals surface area (Å²) in [5.74, 6) is 0.366. The number of carbonyl (C=O) groups is 1. The van der Waals surface area contributed by atoms with E-state index in [2.05, 4.69) is 15.5 Å². The number of aromatic nitrogens is 3. The van der Waals surface area contributed by atoms with Crippen LogP contribution in [-0.2, 0) is 9.53 Å². The Kier molecular flexibility index (Phi) is 3.37. The largest absolute Gasteiger partial charge is 0.380 e. The first-order valence-electron chi connectivity index (χ1n) is 6.52. The van der Waals surface area contributed by atoms with Crippen LogP contribution in [0.3, 0.4) is 0 Å². The van der Waals surface area contributed by atoms with Crippen molar-refractivity contribution in [1.82, 2.24) is 19.5 Å². The third-order valence-electron chi connectivity index (χ3n) is 3.69. The third kappa shape index (κ3) is 2.25. The maximum absolute atomic E-state index is 12.3. The number of nitrogens with one attached hydrogen (secondary N) is 1. The van der Waals surface area contributed by atoms with Gasteiger partial charge in [-0.3, -0.25) is 19.4 Å². The maximum atomic E-state index is 12.3. The van der Waals surface area contributed by atoms with Gasteiger partial charge in [0.1, 0.15) is 0 Å². The second-order valence-corrected chi connectivity index (χ2v) is 4.99. The fraction of sp³-hybridized carbons (Fsp3) is 0.462. The molecule has 0 aliphatic carbocycles. The van der Waals surface area contributed by atoms with Crippen molar-refractivity contribution in [2.24, 2.45) is 0 Å². The van der Waals surface area contributed by atoms with Gasteiger partial charge in [-0.05, 0) is 25.6 Å². The number of carbonyl (C=O) groups excluding carboxylic acids is 1. The summed E-state index contributed by atoms with van der Waals surface area (Å²) in [6, 6.07) is 5.39. The lowest BCUT2D eigenvalue weighted by Crippen LogP contribution is -2.37. The van der Waals surface area contributed by atoms with E-state index in [1.807, 2.05) is 36.3 Å². The number of likely N-dealkylation sites (tertiary alicyclic amines) is 1. The Morgan fingerprint density at radius 2 is 2.30 bits per heavy atom. The fourth-order valence-corrected chi connectivity index (χ4v) is 2.55. The van der Waals surface area contributed by atoms with E-state index in [0.717, 1.165) is 6.54 Å². The molecule has 7 heteroatoms. The first-order chi connectivity index (χ1) is 9.69. The van der Waals surface area contributed by atoms with Crippen LogP contribution in [0.2, 0.25) is 0 Å². The number of hydrogen-bond donors (Lipinski definition) is 1. The number of rotatable bonds is 3. The predicted molar refractivity (Wildman–Crippen MR) is 73.4 cm³/mol. The number of pyridine rings is 1. The number of fused-ring (bicyclic) bond motifs is 1. The lowest BCUT2D eigenvalue weighted by Gasteiger charge is -2.17. The molecule has 1 aliphatic heterocycles. The van der Waals surface area contributed by atoms with Crippen molar-refractivity contribution in [3.63, 3.8) is 0 Å². The molecule has 2 aromatic rings. The van der Waals surface area contributed by atoms with E-state index in [4.69, 9.17) is 4.74 Å². The minimum absolute atomic E-state index is 0.0785. The molecule has 3 rings (SSSR count). The zero-order valence-corrected chi connectivity index (χ0v) is 11.5. The molecule has 1 saturated heterocycles. The van der Waals surface area contributed by atoms with E-state index >= 15 is 0 Å². The van der Waals surface area contributed by atoms with E-state index in [-0.39, 0.29) is 18.1 Å². The summed E-state index contributed by atoms with van der Waals surface area (Å²) in [5.41, 5.74) is 0.706. The summed E-state index contributed by atoms with van der Waals surface area (Å²) in [6.07, 6.45) is 2.61. The summed E-state index contributed by atoms with van der Waals surface area (Å²) in [6.45, 7) is 0.759. The second-order valence-electron chi connectivity index (χ2n) is 4.99. The summed E-state index contributed by atoms with van der Waals surface area (Å²) >= 11 is 0. The average molecular weight is 275 g/mol. The van der Waals surface area contributed by atoms with E-state index < -0.39 is 0 Å². The third-order valence-corrected chi connectivity index (χ3v) is 3.69. The number of ether oxygens (including phenoxy) is 1. The number of methoxy groups -OCH3 is 1. The molecule has 0 unspecified atom stereocenters. The van der Waals surface area contributed by atoms with Crippen LogP contribution in [0.1, 0.15) is 6.42 Å². The molecule has 7 nitrogen and oxygen atoms in total. The molecule has 20 heavy (non-hydrogen) atoms. The van der Waals surface area contributed by atoms with Crippen LogP contribution < -0.4 is 5.32 Å². The van der Waals surface area contributed by atoms with Crippen molar-refractivity contribution in [3.05, 3.63) is 24.4 Å². The molecule has 0 bridgehead atoms. The molecule has 3 heterocycles. The van der Waals surface area contributed by atoms with Gasteiger partial charge in [0, 0.05) is 19.9 Å². The van der Waals surface area contributed by atoms with Gasteiger partial charge in [-0.1, -0.05) is 6.07 Å². The second kappa shape index (κ2) is 5.18. The highest BCUT2D eigenvalue weighted by Gasteiger charge is 2.34. The maximum Gasteiger partial charge on any atom is 0.244 e. The van der Waals surface area contributed by atoms with Crippen LogP contribution in [0.15, 0.2) is 24.4 Å². The molecule has 0 spiro atoms. The van der Waals surface area contributed by atoms with E-state index in [1.54, 1.807) is 11.5 Å². The average Bonchev–Trinajstić information content (AvgIpc) is 3.03.